The molecule has 0 aromatic heterocycles. The maximum atomic E-state index is 6.42. The van der Waals surface area contributed by atoms with Gasteiger partial charge in [0, 0.05) is 0 Å². The Bertz CT molecular complexity index is 301. The van der Waals surface area contributed by atoms with Crippen LogP contribution in [0.2, 0.25) is 0 Å². The van der Waals surface area contributed by atoms with Gasteiger partial charge in [-0.2, -0.15) is 0 Å². The Balaban J connectivity index is 1.69. The molecule has 1 fully saturated rings. The molecule has 3 atom stereocenters. The molecule has 0 spiro atoms. The topological polar surface area (TPSA) is 9.23 Å². The van der Waals surface area contributed by atoms with Crippen LogP contribution in [0.25, 0.3) is 0 Å². The molecule has 2 aliphatic carbocycles. The third-order valence-electron chi connectivity index (χ3n) is 5.69. The maximum Gasteiger partial charge on any atom is 0.0785 e. The smallest absolute Gasteiger partial charge is 0.0785 e. The molecule has 0 amide bonds. The van der Waals surface area contributed by atoms with Crippen LogP contribution in [0.1, 0.15) is 85.0 Å². The Hall–Kier alpha value is -0.300. The van der Waals surface area contributed by atoms with Gasteiger partial charge in [0.2, 0.25) is 0 Å². The zero-order valence-electron chi connectivity index (χ0n) is 14.5. The fraction of sp³-hybridized carbons (Fsp3) is 0.900. The van der Waals surface area contributed by atoms with Gasteiger partial charge in [-0.15, -0.1) is 0 Å². The van der Waals surface area contributed by atoms with Crippen LogP contribution >= 0.6 is 0 Å². The quantitative estimate of drug-likeness (QED) is 0.405. The summed E-state index contributed by atoms with van der Waals surface area (Å²) in [7, 11) is 0. The summed E-state index contributed by atoms with van der Waals surface area (Å²) in [5.41, 5.74) is 0. The second-order valence-corrected chi connectivity index (χ2v) is 7.51. The summed E-state index contributed by atoms with van der Waals surface area (Å²) >= 11 is 0. The van der Waals surface area contributed by atoms with E-state index in [2.05, 4.69) is 32.9 Å². The molecular weight excluding hydrogens is 256 g/mol. The molecule has 0 saturated heterocycles. The maximum absolute atomic E-state index is 6.42. The molecule has 0 heterocycles. The number of unbranched alkanes of at least 4 members (excludes halogenated alkanes) is 2. The van der Waals surface area contributed by atoms with Gasteiger partial charge in [0.25, 0.3) is 0 Å². The van der Waals surface area contributed by atoms with Gasteiger partial charge in [0.15, 0.2) is 0 Å². The van der Waals surface area contributed by atoms with E-state index < -0.39 is 0 Å². The SMILES string of the molecule is CCCCCC1CCC(OC2C=CC(CC)CC2C)CC1. The van der Waals surface area contributed by atoms with Gasteiger partial charge in [-0.1, -0.05) is 58.6 Å². The normalized spacial score (nSPS) is 36.8. The summed E-state index contributed by atoms with van der Waals surface area (Å²) in [6.07, 6.45) is 19.3. The van der Waals surface area contributed by atoms with Crippen LogP contribution in [0.3, 0.4) is 0 Å². The lowest BCUT2D eigenvalue weighted by molar-refractivity contribution is -0.0431. The minimum absolute atomic E-state index is 0.384. The number of ether oxygens (including phenoxy) is 1. The van der Waals surface area contributed by atoms with Crippen LogP contribution in [0.5, 0.6) is 0 Å². The first kappa shape index (κ1) is 17.1. The van der Waals surface area contributed by atoms with Gasteiger partial charge in [-0.05, 0) is 56.3 Å². The van der Waals surface area contributed by atoms with Gasteiger partial charge in [-0.25, -0.2) is 0 Å². The molecule has 0 radical (unpaired) electrons. The molecular formula is C20H36O. The van der Waals surface area contributed by atoms with Gasteiger partial charge >= 0.3 is 0 Å². The number of hydrogen-bond acceptors (Lipinski definition) is 1. The predicted molar refractivity (Wildman–Crippen MR) is 91.5 cm³/mol. The van der Waals surface area contributed by atoms with Gasteiger partial charge < -0.3 is 4.74 Å². The van der Waals surface area contributed by atoms with E-state index in [0.29, 0.717) is 18.1 Å². The van der Waals surface area contributed by atoms with Crippen LogP contribution in [-0.4, -0.2) is 12.2 Å². The third kappa shape index (κ3) is 5.43. The lowest BCUT2D eigenvalue weighted by Gasteiger charge is -2.35. The molecule has 0 bridgehead atoms. The first-order chi connectivity index (χ1) is 10.2. The summed E-state index contributed by atoms with van der Waals surface area (Å²) in [5, 5.41) is 0. The highest BCUT2D eigenvalue weighted by atomic mass is 16.5. The molecule has 3 unspecified atom stereocenters. The van der Waals surface area contributed by atoms with Crippen LogP contribution < -0.4 is 0 Å². The summed E-state index contributed by atoms with van der Waals surface area (Å²) in [4.78, 5) is 0. The lowest BCUT2D eigenvalue weighted by atomic mass is 9.82. The van der Waals surface area contributed by atoms with Crippen LogP contribution in [0, 0.1) is 17.8 Å². The number of allylic oxidation sites excluding steroid dienone is 1. The van der Waals surface area contributed by atoms with Crippen molar-refractivity contribution in [2.45, 2.75) is 97.2 Å². The number of rotatable bonds is 7. The van der Waals surface area contributed by atoms with E-state index in [1.165, 1.54) is 64.2 Å². The lowest BCUT2D eigenvalue weighted by Crippen LogP contribution is -2.32. The summed E-state index contributed by atoms with van der Waals surface area (Å²) in [6.45, 7) is 6.96. The minimum atomic E-state index is 0.384. The van der Waals surface area contributed by atoms with E-state index in [1.54, 1.807) is 0 Å². The largest absolute Gasteiger partial charge is 0.371 e. The van der Waals surface area contributed by atoms with E-state index in [-0.39, 0.29) is 0 Å². The summed E-state index contributed by atoms with van der Waals surface area (Å²) in [5.74, 6) is 2.47. The van der Waals surface area contributed by atoms with Crippen molar-refractivity contribution >= 4 is 0 Å². The molecule has 122 valence electrons. The number of hydrogen-bond donors (Lipinski definition) is 0. The zero-order valence-corrected chi connectivity index (χ0v) is 14.5. The Morgan fingerprint density at radius 3 is 2.38 bits per heavy atom. The van der Waals surface area contributed by atoms with Crippen molar-refractivity contribution in [3.05, 3.63) is 12.2 Å². The van der Waals surface area contributed by atoms with Crippen LogP contribution in [0.15, 0.2) is 12.2 Å². The van der Waals surface area contributed by atoms with E-state index in [9.17, 15) is 0 Å². The van der Waals surface area contributed by atoms with Crippen molar-refractivity contribution < 1.29 is 4.74 Å². The molecule has 0 aliphatic heterocycles. The first-order valence-electron chi connectivity index (χ1n) is 9.56. The van der Waals surface area contributed by atoms with Gasteiger partial charge in [-0.3, -0.25) is 0 Å². The van der Waals surface area contributed by atoms with Crippen molar-refractivity contribution in [1.82, 2.24) is 0 Å². The van der Waals surface area contributed by atoms with Crippen molar-refractivity contribution in [2.75, 3.05) is 0 Å². The molecule has 1 nitrogen and oxygen atoms in total. The Labute approximate surface area is 132 Å². The van der Waals surface area contributed by atoms with E-state index in [0.717, 1.165) is 11.8 Å². The fourth-order valence-electron chi connectivity index (χ4n) is 4.09. The molecule has 2 aliphatic rings. The van der Waals surface area contributed by atoms with Crippen LogP contribution in [-0.2, 0) is 4.74 Å². The Morgan fingerprint density at radius 2 is 1.76 bits per heavy atom. The average molecular weight is 293 g/mol. The zero-order chi connectivity index (χ0) is 15.1. The average Bonchev–Trinajstić information content (AvgIpc) is 2.51. The molecule has 2 rings (SSSR count). The Kier molecular flexibility index (Phi) is 7.29. The highest BCUT2D eigenvalue weighted by molar-refractivity contribution is 5.02. The van der Waals surface area contributed by atoms with Crippen molar-refractivity contribution in [1.29, 1.82) is 0 Å². The molecule has 0 N–H and O–H groups in total. The molecule has 21 heavy (non-hydrogen) atoms. The van der Waals surface area contributed by atoms with Gasteiger partial charge in [0.1, 0.15) is 0 Å². The molecule has 1 heteroatoms. The van der Waals surface area contributed by atoms with Crippen LogP contribution in [0.4, 0.5) is 0 Å². The Morgan fingerprint density at radius 1 is 1.00 bits per heavy atom. The van der Waals surface area contributed by atoms with E-state index >= 15 is 0 Å². The summed E-state index contributed by atoms with van der Waals surface area (Å²) < 4.78 is 6.42. The third-order valence-corrected chi connectivity index (χ3v) is 5.69. The predicted octanol–water partition coefficient (Wildman–Crippen LogP) is 6.13. The molecule has 0 aromatic carbocycles. The van der Waals surface area contributed by atoms with Crippen molar-refractivity contribution in [3.8, 4) is 0 Å². The van der Waals surface area contributed by atoms with E-state index in [4.69, 9.17) is 4.74 Å². The highest BCUT2D eigenvalue weighted by Gasteiger charge is 2.28. The second kappa shape index (κ2) is 8.98. The standard InChI is InChI=1S/C20H36O/c1-4-6-7-8-18-9-12-19(13-10-18)21-20-14-11-17(5-2)15-16(20)3/h11,14,16-20H,4-10,12-13,15H2,1-3H3. The van der Waals surface area contributed by atoms with Crippen molar-refractivity contribution in [3.63, 3.8) is 0 Å². The molecule has 0 aromatic rings. The first-order valence-corrected chi connectivity index (χ1v) is 9.56. The van der Waals surface area contributed by atoms with Gasteiger partial charge in [0.05, 0.1) is 12.2 Å². The van der Waals surface area contributed by atoms with E-state index in [1.807, 2.05) is 0 Å². The highest BCUT2D eigenvalue weighted by Crippen LogP contribution is 2.33. The van der Waals surface area contributed by atoms with Crippen molar-refractivity contribution in [2.24, 2.45) is 17.8 Å². The molecule has 1 saturated carbocycles. The second-order valence-electron chi connectivity index (χ2n) is 7.51. The monoisotopic (exact) mass is 292 g/mol. The minimum Gasteiger partial charge on any atom is -0.371 e. The summed E-state index contributed by atoms with van der Waals surface area (Å²) in [6, 6.07) is 0. The fourth-order valence-corrected chi connectivity index (χ4v) is 4.09.